The number of hydrogen-bond donors (Lipinski definition) is 1. The van der Waals surface area contributed by atoms with Crippen molar-refractivity contribution in [3.8, 4) is 11.3 Å². The third kappa shape index (κ3) is 3.84. The van der Waals surface area contributed by atoms with Gasteiger partial charge in [0.05, 0.1) is 17.1 Å². The van der Waals surface area contributed by atoms with Gasteiger partial charge in [-0.3, -0.25) is 4.79 Å². The monoisotopic (exact) mass is 344 g/mol. The highest BCUT2D eigenvalue weighted by atomic mass is 32.1. The minimum Gasteiger partial charge on any atom is -0.396 e. The Kier molecular flexibility index (Phi) is 5.31. The number of hydrogen-bond acceptors (Lipinski definition) is 4. The molecule has 1 N–H and O–H groups in total. The first-order valence-electron chi connectivity index (χ1n) is 8.49. The maximum Gasteiger partial charge on any atom is 0.227 e. The first kappa shape index (κ1) is 17.1. The molecule has 0 spiro atoms. The number of aryl methyl sites for hydroxylation is 2. The van der Waals surface area contributed by atoms with E-state index in [0.29, 0.717) is 13.0 Å². The van der Waals surface area contributed by atoms with E-state index in [9.17, 15) is 9.90 Å². The molecule has 1 amide bonds. The van der Waals surface area contributed by atoms with Crippen molar-refractivity contribution in [1.82, 2.24) is 9.88 Å². The number of thiazole rings is 1. The number of aliphatic hydroxyl groups excluding tert-OH is 1. The van der Waals surface area contributed by atoms with Gasteiger partial charge in [0.1, 0.15) is 0 Å². The number of aliphatic hydroxyl groups is 1. The van der Waals surface area contributed by atoms with Crippen LogP contribution in [0, 0.1) is 19.8 Å². The van der Waals surface area contributed by atoms with E-state index in [1.165, 1.54) is 5.56 Å². The highest BCUT2D eigenvalue weighted by Crippen LogP contribution is 2.29. The summed E-state index contributed by atoms with van der Waals surface area (Å²) in [6, 6.07) is 8.29. The van der Waals surface area contributed by atoms with Crippen molar-refractivity contribution in [3.63, 3.8) is 0 Å². The van der Waals surface area contributed by atoms with Crippen LogP contribution in [0.5, 0.6) is 0 Å². The van der Waals surface area contributed by atoms with Crippen molar-refractivity contribution in [3.05, 3.63) is 39.7 Å². The predicted molar refractivity (Wildman–Crippen MR) is 97.1 cm³/mol. The summed E-state index contributed by atoms with van der Waals surface area (Å²) >= 11 is 1.60. The van der Waals surface area contributed by atoms with Gasteiger partial charge in [-0.15, -0.1) is 11.3 Å². The summed E-state index contributed by atoms with van der Waals surface area (Å²) in [5.74, 6) is 0.368. The van der Waals surface area contributed by atoms with Crippen LogP contribution >= 0.6 is 11.3 Å². The number of amides is 1. The molecule has 1 aromatic heterocycles. The van der Waals surface area contributed by atoms with Crippen molar-refractivity contribution < 1.29 is 9.90 Å². The van der Waals surface area contributed by atoms with Gasteiger partial charge in [-0.05, 0) is 32.6 Å². The van der Waals surface area contributed by atoms with E-state index in [4.69, 9.17) is 0 Å². The molecule has 1 aliphatic rings. The summed E-state index contributed by atoms with van der Waals surface area (Å²) in [6.07, 6.45) is 2.38. The molecule has 2 heterocycles. The lowest BCUT2D eigenvalue weighted by Crippen LogP contribution is -2.41. The Labute approximate surface area is 147 Å². The van der Waals surface area contributed by atoms with Crippen LogP contribution in [0.3, 0.4) is 0 Å². The Bertz CT molecular complexity index is 709. The van der Waals surface area contributed by atoms with Gasteiger partial charge in [-0.2, -0.15) is 0 Å². The molecule has 1 saturated heterocycles. The normalized spacial score (nSPS) is 18.0. The van der Waals surface area contributed by atoms with Crippen molar-refractivity contribution in [2.24, 2.45) is 5.92 Å². The zero-order chi connectivity index (χ0) is 17.1. The summed E-state index contributed by atoms with van der Waals surface area (Å²) in [5, 5.41) is 10.3. The van der Waals surface area contributed by atoms with Crippen LogP contribution in [0.4, 0.5) is 0 Å². The number of nitrogens with zero attached hydrogens (tertiary/aromatic N) is 2. The van der Waals surface area contributed by atoms with E-state index in [2.05, 4.69) is 36.2 Å². The third-order valence-electron chi connectivity index (χ3n) is 4.57. The number of carbonyl (C=O) groups excluding carboxylic acids is 1. The average molecular weight is 344 g/mol. The highest BCUT2D eigenvalue weighted by Gasteiger charge is 2.24. The molecular formula is C19H24N2O2S. The number of aromatic nitrogens is 1. The molecule has 5 heteroatoms. The molecule has 1 unspecified atom stereocenters. The quantitative estimate of drug-likeness (QED) is 0.927. The number of carbonyl (C=O) groups is 1. The van der Waals surface area contributed by atoms with Crippen LogP contribution in [0.1, 0.15) is 28.3 Å². The zero-order valence-electron chi connectivity index (χ0n) is 14.3. The van der Waals surface area contributed by atoms with E-state index < -0.39 is 0 Å². The summed E-state index contributed by atoms with van der Waals surface area (Å²) < 4.78 is 0. The van der Waals surface area contributed by atoms with Crippen molar-refractivity contribution >= 4 is 17.2 Å². The van der Waals surface area contributed by atoms with Crippen molar-refractivity contribution in [2.75, 3.05) is 19.7 Å². The average Bonchev–Trinajstić information content (AvgIpc) is 2.96. The Balaban J connectivity index is 1.77. The number of benzene rings is 1. The lowest BCUT2D eigenvalue weighted by Gasteiger charge is -2.31. The SMILES string of the molecule is Cc1ccc(-c2nc(C)sc2CC(=O)N2CCCC(CO)C2)cc1. The van der Waals surface area contributed by atoms with E-state index in [0.717, 1.165) is 40.5 Å². The summed E-state index contributed by atoms with van der Waals surface area (Å²) in [7, 11) is 0. The molecule has 0 aliphatic carbocycles. The Hall–Kier alpha value is -1.72. The first-order valence-corrected chi connectivity index (χ1v) is 9.30. The minimum atomic E-state index is 0.144. The van der Waals surface area contributed by atoms with Gasteiger partial charge in [0, 0.05) is 30.1 Å². The van der Waals surface area contributed by atoms with Gasteiger partial charge in [0.15, 0.2) is 0 Å². The van der Waals surface area contributed by atoms with Crippen LogP contribution in [-0.4, -0.2) is 40.6 Å². The molecule has 1 atom stereocenters. The predicted octanol–water partition coefficient (Wildman–Crippen LogP) is 3.20. The van der Waals surface area contributed by atoms with Crippen LogP contribution in [-0.2, 0) is 11.2 Å². The second-order valence-electron chi connectivity index (χ2n) is 6.58. The molecule has 1 aliphatic heterocycles. The van der Waals surface area contributed by atoms with Crippen LogP contribution in [0.2, 0.25) is 0 Å². The molecule has 0 radical (unpaired) electrons. The van der Waals surface area contributed by atoms with Gasteiger partial charge in [-0.1, -0.05) is 29.8 Å². The second-order valence-corrected chi connectivity index (χ2v) is 7.87. The van der Waals surface area contributed by atoms with Gasteiger partial charge < -0.3 is 10.0 Å². The van der Waals surface area contributed by atoms with Gasteiger partial charge in [0.25, 0.3) is 0 Å². The maximum absolute atomic E-state index is 12.7. The van der Waals surface area contributed by atoms with Crippen LogP contribution in [0.25, 0.3) is 11.3 Å². The molecule has 1 fully saturated rings. The molecule has 2 aromatic rings. The molecule has 3 rings (SSSR count). The summed E-state index contributed by atoms with van der Waals surface area (Å²) in [4.78, 5) is 20.3. The zero-order valence-corrected chi connectivity index (χ0v) is 15.1. The molecule has 0 saturated carbocycles. The lowest BCUT2D eigenvalue weighted by molar-refractivity contribution is -0.132. The fourth-order valence-corrected chi connectivity index (χ4v) is 4.17. The highest BCUT2D eigenvalue weighted by molar-refractivity contribution is 7.12. The largest absolute Gasteiger partial charge is 0.396 e. The van der Waals surface area contributed by atoms with Gasteiger partial charge in [-0.25, -0.2) is 4.98 Å². The Morgan fingerprint density at radius 3 is 2.79 bits per heavy atom. The van der Waals surface area contributed by atoms with E-state index >= 15 is 0 Å². The number of piperidine rings is 1. The van der Waals surface area contributed by atoms with E-state index in [-0.39, 0.29) is 18.4 Å². The molecule has 128 valence electrons. The second kappa shape index (κ2) is 7.45. The van der Waals surface area contributed by atoms with Crippen LogP contribution in [0.15, 0.2) is 24.3 Å². The smallest absolute Gasteiger partial charge is 0.227 e. The van der Waals surface area contributed by atoms with Crippen LogP contribution < -0.4 is 0 Å². The Morgan fingerprint density at radius 1 is 1.33 bits per heavy atom. The van der Waals surface area contributed by atoms with Gasteiger partial charge >= 0.3 is 0 Å². The molecular weight excluding hydrogens is 320 g/mol. The fraction of sp³-hybridized carbons (Fsp3) is 0.474. The Morgan fingerprint density at radius 2 is 2.08 bits per heavy atom. The first-order chi connectivity index (χ1) is 11.6. The number of likely N-dealkylation sites (tertiary alicyclic amines) is 1. The minimum absolute atomic E-state index is 0.144. The van der Waals surface area contributed by atoms with Crippen molar-refractivity contribution in [2.45, 2.75) is 33.1 Å². The molecule has 24 heavy (non-hydrogen) atoms. The molecule has 0 bridgehead atoms. The van der Waals surface area contributed by atoms with E-state index in [1.54, 1.807) is 11.3 Å². The van der Waals surface area contributed by atoms with Crippen molar-refractivity contribution in [1.29, 1.82) is 0 Å². The molecule has 4 nitrogen and oxygen atoms in total. The maximum atomic E-state index is 12.7. The fourth-order valence-electron chi connectivity index (χ4n) is 3.22. The third-order valence-corrected chi connectivity index (χ3v) is 5.54. The van der Waals surface area contributed by atoms with E-state index in [1.807, 2.05) is 11.8 Å². The number of rotatable bonds is 4. The van der Waals surface area contributed by atoms with Gasteiger partial charge in [0.2, 0.25) is 5.91 Å². The lowest BCUT2D eigenvalue weighted by atomic mass is 9.98. The molecule has 1 aromatic carbocycles. The summed E-state index contributed by atoms with van der Waals surface area (Å²) in [6.45, 7) is 5.69. The standard InChI is InChI=1S/C19H24N2O2S/c1-13-5-7-16(8-6-13)19-17(24-14(2)20-19)10-18(23)21-9-3-4-15(11-21)12-22/h5-8,15,22H,3-4,9-12H2,1-2H3. The topological polar surface area (TPSA) is 53.4 Å². The summed E-state index contributed by atoms with van der Waals surface area (Å²) in [5.41, 5.74) is 3.22.